The van der Waals surface area contributed by atoms with Crippen molar-refractivity contribution in [2.75, 3.05) is 44.7 Å². The van der Waals surface area contributed by atoms with Gasteiger partial charge in [0.05, 0.1) is 13.2 Å². The fourth-order valence-electron chi connectivity index (χ4n) is 2.75. The number of nitrogens with zero attached hydrogens (tertiary/aromatic N) is 5. The molecule has 1 saturated heterocycles. The molecule has 2 fully saturated rings. The number of rotatable bonds is 5. The van der Waals surface area contributed by atoms with E-state index in [4.69, 9.17) is 4.74 Å². The minimum absolute atomic E-state index is 0.587. The molecule has 0 radical (unpaired) electrons. The standard InChI is InChI=1S/C14H20N6O/c1-2-11(1)13-17-18-14-12(16-4-6-20(13)14)15-3-5-19-7-9-21-10-8-19/h4,6,11H,1-3,5,7-10H2,(H,15,16). The van der Waals surface area contributed by atoms with E-state index in [1.54, 1.807) is 0 Å². The average Bonchev–Trinajstić information content (AvgIpc) is 3.28. The van der Waals surface area contributed by atoms with Crippen molar-refractivity contribution in [3.63, 3.8) is 0 Å². The summed E-state index contributed by atoms with van der Waals surface area (Å²) < 4.78 is 7.43. The highest BCUT2D eigenvalue weighted by Gasteiger charge is 2.29. The number of nitrogens with one attached hydrogen (secondary N) is 1. The molecule has 0 spiro atoms. The first-order chi connectivity index (χ1) is 10.4. The van der Waals surface area contributed by atoms with Gasteiger partial charge in [0.25, 0.3) is 0 Å². The Morgan fingerprint density at radius 3 is 2.90 bits per heavy atom. The third kappa shape index (κ3) is 2.71. The summed E-state index contributed by atoms with van der Waals surface area (Å²) in [7, 11) is 0. The minimum atomic E-state index is 0.587. The van der Waals surface area contributed by atoms with Crippen LogP contribution in [0.4, 0.5) is 5.82 Å². The van der Waals surface area contributed by atoms with Crippen LogP contribution in [-0.4, -0.2) is 63.9 Å². The van der Waals surface area contributed by atoms with Gasteiger partial charge >= 0.3 is 0 Å². The first-order valence-corrected chi connectivity index (χ1v) is 7.65. The van der Waals surface area contributed by atoms with Crippen molar-refractivity contribution in [1.29, 1.82) is 0 Å². The van der Waals surface area contributed by atoms with Crippen molar-refractivity contribution in [1.82, 2.24) is 24.5 Å². The van der Waals surface area contributed by atoms with E-state index in [9.17, 15) is 0 Å². The molecule has 7 heteroatoms. The number of fused-ring (bicyclic) bond motifs is 1. The molecule has 1 saturated carbocycles. The zero-order chi connectivity index (χ0) is 14.1. The van der Waals surface area contributed by atoms with E-state index in [0.717, 1.165) is 56.7 Å². The molecule has 21 heavy (non-hydrogen) atoms. The topological polar surface area (TPSA) is 67.6 Å². The van der Waals surface area contributed by atoms with E-state index in [1.165, 1.54) is 12.8 Å². The van der Waals surface area contributed by atoms with Gasteiger partial charge in [-0.25, -0.2) is 4.98 Å². The van der Waals surface area contributed by atoms with E-state index in [0.29, 0.717) is 5.92 Å². The van der Waals surface area contributed by atoms with Crippen molar-refractivity contribution < 1.29 is 4.74 Å². The molecule has 2 aliphatic rings. The zero-order valence-corrected chi connectivity index (χ0v) is 12.0. The normalized spacial score (nSPS) is 20.0. The maximum atomic E-state index is 5.36. The summed E-state index contributed by atoms with van der Waals surface area (Å²) >= 11 is 0. The molecule has 1 aliphatic carbocycles. The second kappa shape index (κ2) is 5.57. The Morgan fingerprint density at radius 1 is 1.24 bits per heavy atom. The van der Waals surface area contributed by atoms with Gasteiger partial charge < -0.3 is 10.1 Å². The molecule has 0 atom stereocenters. The summed E-state index contributed by atoms with van der Waals surface area (Å²) in [6, 6.07) is 0. The van der Waals surface area contributed by atoms with Gasteiger partial charge in [0.2, 0.25) is 5.65 Å². The van der Waals surface area contributed by atoms with E-state index in [-0.39, 0.29) is 0 Å². The van der Waals surface area contributed by atoms with Gasteiger partial charge in [-0.05, 0) is 12.8 Å². The molecule has 1 aliphatic heterocycles. The van der Waals surface area contributed by atoms with Crippen molar-refractivity contribution in [2.24, 2.45) is 0 Å². The van der Waals surface area contributed by atoms with E-state index in [1.807, 2.05) is 12.4 Å². The van der Waals surface area contributed by atoms with Gasteiger partial charge in [0.15, 0.2) is 5.82 Å². The minimum Gasteiger partial charge on any atom is -0.379 e. The smallest absolute Gasteiger partial charge is 0.203 e. The Morgan fingerprint density at radius 2 is 2.10 bits per heavy atom. The Bertz CT molecular complexity index is 617. The Hall–Kier alpha value is -1.73. The Kier molecular flexibility index (Phi) is 3.44. The molecule has 3 heterocycles. The predicted molar refractivity (Wildman–Crippen MR) is 78.5 cm³/mol. The van der Waals surface area contributed by atoms with E-state index >= 15 is 0 Å². The van der Waals surface area contributed by atoms with Crippen LogP contribution in [-0.2, 0) is 4.74 Å². The molecule has 0 bridgehead atoms. The highest BCUT2D eigenvalue weighted by molar-refractivity contribution is 5.62. The quantitative estimate of drug-likeness (QED) is 0.875. The average molecular weight is 288 g/mol. The van der Waals surface area contributed by atoms with Crippen LogP contribution in [0.25, 0.3) is 5.65 Å². The fraction of sp³-hybridized carbons (Fsp3) is 0.643. The summed E-state index contributed by atoms with van der Waals surface area (Å²) in [5.41, 5.74) is 0.835. The maximum absolute atomic E-state index is 5.36. The van der Waals surface area contributed by atoms with Gasteiger partial charge in [-0.1, -0.05) is 0 Å². The van der Waals surface area contributed by atoms with Gasteiger partial charge in [-0.3, -0.25) is 9.30 Å². The summed E-state index contributed by atoms with van der Waals surface area (Å²) in [4.78, 5) is 6.80. The fourth-order valence-corrected chi connectivity index (χ4v) is 2.75. The van der Waals surface area contributed by atoms with Crippen LogP contribution in [0.1, 0.15) is 24.6 Å². The number of aromatic nitrogens is 4. The lowest BCUT2D eigenvalue weighted by atomic mass is 10.4. The zero-order valence-electron chi connectivity index (χ0n) is 12.0. The summed E-state index contributed by atoms with van der Waals surface area (Å²) in [5, 5.41) is 12.0. The van der Waals surface area contributed by atoms with Crippen LogP contribution in [0.3, 0.4) is 0 Å². The molecule has 2 aromatic rings. The van der Waals surface area contributed by atoms with Crippen LogP contribution in [0, 0.1) is 0 Å². The van der Waals surface area contributed by atoms with Gasteiger partial charge in [-0.15, -0.1) is 10.2 Å². The van der Waals surface area contributed by atoms with Crippen molar-refractivity contribution in [3.05, 3.63) is 18.2 Å². The first-order valence-electron chi connectivity index (χ1n) is 7.65. The SMILES string of the molecule is c1cn2c(C3CC3)nnc2c(NCCN2CCOCC2)n1. The predicted octanol–water partition coefficient (Wildman–Crippen LogP) is 0.746. The molecule has 7 nitrogen and oxygen atoms in total. The summed E-state index contributed by atoms with van der Waals surface area (Å²) in [5.74, 6) is 2.48. The lowest BCUT2D eigenvalue weighted by Gasteiger charge is -2.26. The van der Waals surface area contributed by atoms with Gasteiger partial charge in [0, 0.05) is 44.5 Å². The molecular weight excluding hydrogens is 268 g/mol. The molecule has 1 N–H and O–H groups in total. The van der Waals surface area contributed by atoms with Crippen LogP contribution >= 0.6 is 0 Å². The Balaban J connectivity index is 1.43. The number of morpholine rings is 1. The number of hydrogen-bond acceptors (Lipinski definition) is 6. The highest BCUT2D eigenvalue weighted by atomic mass is 16.5. The second-order valence-corrected chi connectivity index (χ2v) is 5.68. The molecule has 0 unspecified atom stereocenters. The van der Waals surface area contributed by atoms with Gasteiger partial charge in [-0.2, -0.15) is 0 Å². The largest absolute Gasteiger partial charge is 0.379 e. The van der Waals surface area contributed by atoms with Crippen molar-refractivity contribution in [3.8, 4) is 0 Å². The number of hydrogen-bond donors (Lipinski definition) is 1. The molecule has 0 amide bonds. The van der Waals surface area contributed by atoms with E-state index < -0.39 is 0 Å². The molecule has 0 aromatic carbocycles. The first kappa shape index (κ1) is 13.0. The second-order valence-electron chi connectivity index (χ2n) is 5.68. The highest BCUT2D eigenvalue weighted by Crippen LogP contribution is 2.39. The lowest BCUT2D eigenvalue weighted by molar-refractivity contribution is 0.0398. The van der Waals surface area contributed by atoms with Crippen molar-refractivity contribution >= 4 is 11.5 Å². The van der Waals surface area contributed by atoms with Crippen LogP contribution < -0.4 is 5.32 Å². The maximum Gasteiger partial charge on any atom is 0.203 e. The lowest BCUT2D eigenvalue weighted by Crippen LogP contribution is -2.39. The van der Waals surface area contributed by atoms with Gasteiger partial charge in [0.1, 0.15) is 5.82 Å². The molecular formula is C14H20N6O. The monoisotopic (exact) mass is 288 g/mol. The molecule has 112 valence electrons. The van der Waals surface area contributed by atoms with E-state index in [2.05, 4.69) is 29.8 Å². The van der Waals surface area contributed by atoms with Crippen LogP contribution in [0.5, 0.6) is 0 Å². The third-order valence-corrected chi connectivity index (χ3v) is 4.12. The molecule has 2 aromatic heterocycles. The summed E-state index contributed by atoms with van der Waals surface area (Å²) in [6.07, 6.45) is 6.22. The Labute approximate surface area is 123 Å². The number of anilines is 1. The number of ether oxygens (including phenoxy) is 1. The van der Waals surface area contributed by atoms with Crippen LogP contribution in [0.15, 0.2) is 12.4 Å². The molecule has 4 rings (SSSR count). The van der Waals surface area contributed by atoms with Crippen molar-refractivity contribution in [2.45, 2.75) is 18.8 Å². The van der Waals surface area contributed by atoms with Crippen LogP contribution in [0.2, 0.25) is 0 Å². The third-order valence-electron chi connectivity index (χ3n) is 4.12. The summed E-state index contributed by atoms with van der Waals surface area (Å²) in [6.45, 7) is 5.55.